The van der Waals surface area contributed by atoms with Crippen LogP contribution in [0.3, 0.4) is 0 Å². The molecule has 0 fully saturated rings. The maximum Gasteiger partial charge on any atom is 0.265 e. The Morgan fingerprint density at radius 3 is 2.84 bits per heavy atom. The van der Waals surface area contributed by atoms with Gasteiger partial charge in [0.15, 0.2) is 11.0 Å². The molecule has 3 N–H and O–H groups in total. The molecule has 0 aliphatic heterocycles. The van der Waals surface area contributed by atoms with E-state index in [1.54, 1.807) is 23.0 Å². The van der Waals surface area contributed by atoms with E-state index in [9.17, 15) is 4.79 Å². The fourth-order valence-corrected chi connectivity index (χ4v) is 2.20. The van der Waals surface area contributed by atoms with Crippen LogP contribution in [0, 0.1) is 0 Å². The van der Waals surface area contributed by atoms with Crippen molar-refractivity contribution < 1.29 is 4.79 Å². The molecule has 0 aliphatic carbocycles. The summed E-state index contributed by atoms with van der Waals surface area (Å²) in [6.07, 6.45) is 1.58. The van der Waals surface area contributed by atoms with Gasteiger partial charge in [-0.05, 0) is 0 Å². The van der Waals surface area contributed by atoms with Crippen LogP contribution in [0.2, 0.25) is 0 Å². The zero-order valence-electron chi connectivity index (χ0n) is 10.9. The summed E-state index contributed by atoms with van der Waals surface area (Å²) in [5.41, 5.74) is 5.73. The smallest absolute Gasteiger partial charge is 0.265 e. The summed E-state index contributed by atoms with van der Waals surface area (Å²) >= 11 is 1.25. The van der Waals surface area contributed by atoms with Gasteiger partial charge in [0, 0.05) is 21.1 Å². The Morgan fingerprint density at radius 1 is 1.58 bits per heavy atom. The molecular weight excluding hydrogens is 266 g/mol. The lowest BCUT2D eigenvalue weighted by Crippen LogP contribution is -2.23. The highest BCUT2D eigenvalue weighted by molar-refractivity contribution is 7.18. The number of amides is 1. The maximum atomic E-state index is 12.0. The van der Waals surface area contributed by atoms with Crippen molar-refractivity contribution in [3.63, 3.8) is 0 Å². The van der Waals surface area contributed by atoms with Gasteiger partial charge >= 0.3 is 0 Å². The highest BCUT2D eigenvalue weighted by atomic mass is 32.1. The normalized spacial score (nSPS) is 10.5. The predicted octanol–water partition coefficient (Wildman–Crippen LogP) is -0.150. The third-order valence-electron chi connectivity index (χ3n) is 2.28. The van der Waals surface area contributed by atoms with E-state index in [0.717, 1.165) is 0 Å². The molecule has 0 bridgehead atoms. The predicted molar refractivity (Wildman–Crippen MR) is 73.0 cm³/mol. The lowest BCUT2D eigenvalue weighted by atomic mass is 10.4. The van der Waals surface area contributed by atoms with Crippen molar-refractivity contribution in [2.24, 2.45) is 7.05 Å². The molecule has 0 aliphatic rings. The van der Waals surface area contributed by atoms with Crippen LogP contribution < -0.4 is 16.0 Å². The largest absolute Gasteiger partial charge is 0.382 e. The summed E-state index contributed by atoms with van der Waals surface area (Å²) in [7, 11) is 5.46. The zero-order chi connectivity index (χ0) is 14.0. The van der Waals surface area contributed by atoms with E-state index in [1.165, 1.54) is 11.3 Å². The van der Waals surface area contributed by atoms with Crippen molar-refractivity contribution >= 4 is 28.2 Å². The standard InChI is InChI=1S/C10H15N7OS/c1-16(2)10-14-8(11)7(19-10)9(18)12-4-6-13-5-17(3)15-6/h5H,4,11H2,1-3H3,(H,12,18). The molecule has 9 heteroatoms. The molecule has 1 amide bonds. The van der Waals surface area contributed by atoms with E-state index in [2.05, 4.69) is 20.4 Å². The number of nitrogens with two attached hydrogens (primary N) is 1. The van der Waals surface area contributed by atoms with Gasteiger partial charge < -0.3 is 16.0 Å². The maximum absolute atomic E-state index is 12.0. The average molecular weight is 281 g/mol. The van der Waals surface area contributed by atoms with Crippen molar-refractivity contribution in [3.05, 3.63) is 17.0 Å². The van der Waals surface area contributed by atoms with Gasteiger partial charge in [0.25, 0.3) is 5.91 Å². The molecule has 2 aromatic rings. The van der Waals surface area contributed by atoms with Gasteiger partial charge in [-0.1, -0.05) is 11.3 Å². The number of aryl methyl sites for hydroxylation is 1. The fourth-order valence-electron chi connectivity index (χ4n) is 1.38. The Morgan fingerprint density at radius 2 is 2.32 bits per heavy atom. The molecule has 2 rings (SSSR count). The van der Waals surface area contributed by atoms with Crippen LogP contribution in [-0.2, 0) is 13.6 Å². The van der Waals surface area contributed by atoms with Gasteiger partial charge in [-0.25, -0.2) is 9.97 Å². The number of hydrogen-bond donors (Lipinski definition) is 2. The van der Waals surface area contributed by atoms with Crippen molar-refractivity contribution in [1.82, 2.24) is 25.1 Å². The topological polar surface area (TPSA) is 102 Å². The number of hydrogen-bond acceptors (Lipinski definition) is 7. The van der Waals surface area contributed by atoms with Crippen molar-refractivity contribution in [2.75, 3.05) is 24.7 Å². The fraction of sp³-hybridized carbons (Fsp3) is 0.400. The van der Waals surface area contributed by atoms with Crippen LogP contribution in [0.25, 0.3) is 0 Å². The lowest BCUT2D eigenvalue weighted by Gasteiger charge is -2.04. The number of nitrogens with zero attached hydrogens (tertiary/aromatic N) is 5. The van der Waals surface area contributed by atoms with Gasteiger partial charge in [0.2, 0.25) is 0 Å². The van der Waals surface area contributed by atoms with Gasteiger partial charge in [-0.2, -0.15) is 5.10 Å². The second kappa shape index (κ2) is 5.22. The molecule has 0 saturated heterocycles. The minimum absolute atomic E-state index is 0.236. The summed E-state index contributed by atoms with van der Waals surface area (Å²) in [6.45, 7) is 0.258. The molecule has 19 heavy (non-hydrogen) atoms. The Balaban J connectivity index is 2.03. The number of thiazole rings is 1. The summed E-state index contributed by atoms with van der Waals surface area (Å²) in [6, 6.07) is 0. The van der Waals surface area contributed by atoms with Gasteiger partial charge in [0.05, 0.1) is 6.54 Å². The first-order valence-corrected chi connectivity index (χ1v) is 6.35. The van der Waals surface area contributed by atoms with E-state index in [0.29, 0.717) is 15.8 Å². The van der Waals surface area contributed by atoms with Crippen LogP contribution in [0.4, 0.5) is 10.9 Å². The monoisotopic (exact) mass is 281 g/mol. The second-order valence-corrected chi connectivity index (χ2v) is 5.10. The molecule has 2 aromatic heterocycles. The van der Waals surface area contributed by atoms with Crippen LogP contribution in [0.15, 0.2) is 6.33 Å². The number of nitrogens with one attached hydrogen (secondary N) is 1. The summed E-state index contributed by atoms with van der Waals surface area (Å²) in [4.78, 5) is 22.3. The zero-order valence-corrected chi connectivity index (χ0v) is 11.7. The minimum atomic E-state index is -0.268. The average Bonchev–Trinajstić information content (AvgIpc) is 2.92. The molecule has 8 nitrogen and oxygen atoms in total. The Bertz CT molecular complexity index is 588. The first kappa shape index (κ1) is 13.3. The molecule has 102 valence electrons. The Hall–Kier alpha value is -2.16. The molecule has 0 aromatic carbocycles. The van der Waals surface area contributed by atoms with E-state index >= 15 is 0 Å². The van der Waals surface area contributed by atoms with Crippen LogP contribution in [0.5, 0.6) is 0 Å². The SMILES string of the molecule is CN(C)c1nc(N)c(C(=O)NCc2ncn(C)n2)s1. The van der Waals surface area contributed by atoms with Crippen LogP contribution >= 0.6 is 11.3 Å². The van der Waals surface area contributed by atoms with E-state index < -0.39 is 0 Å². The highest BCUT2D eigenvalue weighted by Crippen LogP contribution is 2.26. The van der Waals surface area contributed by atoms with Crippen LogP contribution in [0.1, 0.15) is 15.5 Å². The number of aromatic nitrogens is 4. The van der Waals surface area contributed by atoms with E-state index in [1.807, 2.05) is 14.1 Å². The molecule has 0 unspecified atom stereocenters. The van der Waals surface area contributed by atoms with E-state index in [-0.39, 0.29) is 18.3 Å². The van der Waals surface area contributed by atoms with Crippen molar-refractivity contribution in [3.8, 4) is 0 Å². The van der Waals surface area contributed by atoms with Gasteiger partial charge in [-0.3, -0.25) is 9.48 Å². The molecule has 0 atom stereocenters. The Labute approximate surface area is 114 Å². The number of carbonyl (C=O) groups is 1. The van der Waals surface area contributed by atoms with Gasteiger partial charge in [-0.15, -0.1) is 0 Å². The summed E-state index contributed by atoms with van der Waals surface area (Å²) in [5, 5.41) is 7.48. The number of rotatable bonds is 4. The second-order valence-electron chi connectivity index (χ2n) is 4.12. The highest BCUT2D eigenvalue weighted by Gasteiger charge is 2.17. The lowest BCUT2D eigenvalue weighted by molar-refractivity contribution is 0.0954. The molecular formula is C10H15N7OS. The number of anilines is 2. The molecule has 2 heterocycles. The Kier molecular flexibility index (Phi) is 3.65. The summed E-state index contributed by atoms with van der Waals surface area (Å²) in [5.74, 6) is 0.516. The molecule has 0 spiro atoms. The van der Waals surface area contributed by atoms with E-state index in [4.69, 9.17) is 5.73 Å². The van der Waals surface area contributed by atoms with Crippen molar-refractivity contribution in [1.29, 1.82) is 0 Å². The molecule has 0 radical (unpaired) electrons. The van der Waals surface area contributed by atoms with Crippen molar-refractivity contribution in [2.45, 2.75) is 6.54 Å². The third kappa shape index (κ3) is 2.99. The number of nitrogen functional groups attached to an aromatic ring is 1. The van der Waals surface area contributed by atoms with Crippen LogP contribution in [-0.4, -0.2) is 39.8 Å². The quantitative estimate of drug-likeness (QED) is 0.808. The number of carbonyl (C=O) groups excluding carboxylic acids is 1. The third-order valence-corrected chi connectivity index (χ3v) is 3.52. The molecule has 0 saturated carbocycles. The summed E-state index contributed by atoms with van der Waals surface area (Å²) < 4.78 is 1.58. The minimum Gasteiger partial charge on any atom is -0.382 e. The first-order valence-electron chi connectivity index (χ1n) is 5.53. The van der Waals surface area contributed by atoms with Gasteiger partial charge in [0.1, 0.15) is 17.0 Å². The first-order chi connectivity index (χ1) is 8.97.